The van der Waals surface area contributed by atoms with Gasteiger partial charge in [0.25, 0.3) is 0 Å². The first kappa shape index (κ1) is 11.6. The molecule has 0 amide bonds. The minimum Gasteiger partial charge on any atom is -0.382 e. The van der Waals surface area contributed by atoms with Crippen molar-refractivity contribution < 1.29 is 0 Å². The Kier molecular flexibility index (Phi) is 3.99. The third kappa shape index (κ3) is 2.74. The molecule has 0 unspecified atom stereocenters. The first-order chi connectivity index (χ1) is 6.52. The average molecular weight is 256 g/mol. The van der Waals surface area contributed by atoms with E-state index in [9.17, 15) is 0 Å². The van der Waals surface area contributed by atoms with Gasteiger partial charge in [-0.3, -0.25) is 0 Å². The lowest BCUT2D eigenvalue weighted by atomic mass is 10.0. The van der Waals surface area contributed by atoms with E-state index in [0.29, 0.717) is 12.0 Å². The van der Waals surface area contributed by atoms with E-state index in [1.807, 2.05) is 0 Å². The highest BCUT2D eigenvalue weighted by atomic mass is 79.9. The van der Waals surface area contributed by atoms with Gasteiger partial charge < -0.3 is 5.32 Å². The molecule has 0 heterocycles. The molecule has 1 nitrogen and oxygen atoms in total. The Hall–Kier alpha value is -0.500. The molecule has 78 valence electrons. The van der Waals surface area contributed by atoms with Crippen molar-refractivity contribution in [2.75, 3.05) is 5.32 Å². The van der Waals surface area contributed by atoms with E-state index >= 15 is 0 Å². The highest BCUT2D eigenvalue weighted by Crippen LogP contribution is 2.31. The number of anilines is 1. The summed E-state index contributed by atoms with van der Waals surface area (Å²) in [4.78, 5) is 0. The van der Waals surface area contributed by atoms with Crippen LogP contribution < -0.4 is 5.32 Å². The van der Waals surface area contributed by atoms with Crippen molar-refractivity contribution in [3.05, 3.63) is 28.2 Å². The summed E-state index contributed by atoms with van der Waals surface area (Å²) < 4.78 is 1.15. The summed E-state index contributed by atoms with van der Waals surface area (Å²) in [6, 6.07) is 6.81. The first-order valence-electron chi connectivity index (χ1n) is 5.07. The average Bonchev–Trinajstić information content (AvgIpc) is 2.07. The number of benzene rings is 1. The van der Waals surface area contributed by atoms with Crippen molar-refractivity contribution in [2.45, 2.75) is 39.7 Å². The van der Waals surface area contributed by atoms with Gasteiger partial charge in [-0.15, -0.1) is 0 Å². The van der Waals surface area contributed by atoms with Crippen molar-refractivity contribution in [1.29, 1.82) is 0 Å². The van der Waals surface area contributed by atoms with Gasteiger partial charge in [0.05, 0.1) is 5.69 Å². The second-order valence-electron chi connectivity index (χ2n) is 4.16. The van der Waals surface area contributed by atoms with Gasteiger partial charge in [-0.05, 0) is 47.3 Å². The van der Waals surface area contributed by atoms with Crippen LogP contribution in [0.2, 0.25) is 0 Å². The second kappa shape index (κ2) is 4.83. The number of hydrogen-bond acceptors (Lipinski definition) is 1. The maximum atomic E-state index is 3.58. The van der Waals surface area contributed by atoms with E-state index in [1.165, 1.54) is 11.3 Å². The highest BCUT2D eigenvalue weighted by Gasteiger charge is 2.09. The molecule has 1 rings (SSSR count). The fourth-order valence-corrected chi connectivity index (χ4v) is 1.96. The van der Waals surface area contributed by atoms with Crippen LogP contribution >= 0.6 is 15.9 Å². The van der Waals surface area contributed by atoms with E-state index in [-0.39, 0.29) is 0 Å². The van der Waals surface area contributed by atoms with Crippen molar-refractivity contribution in [2.24, 2.45) is 0 Å². The molecule has 0 aliphatic rings. The van der Waals surface area contributed by atoms with Gasteiger partial charge in [-0.2, -0.15) is 0 Å². The maximum Gasteiger partial charge on any atom is 0.0521 e. The zero-order valence-corrected chi connectivity index (χ0v) is 10.9. The summed E-state index contributed by atoms with van der Waals surface area (Å²) in [5.41, 5.74) is 2.60. The molecule has 1 N–H and O–H groups in total. The molecule has 0 saturated carbocycles. The van der Waals surface area contributed by atoms with Crippen LogP contribution in [0.4, 0.5) is 5.69 Å². The molecule has 0 spiro atoms. The van der Waals surface area contributed by atoms with Gasteiger partial charge in [0.2, 0.25) is 0 Å². The van der Waals surface area contributed by atoms with E-state index in [0.717, 1.165) is 4.47 Å². The Morgan fingerprint density at radius 3 is 2.29 bits per heavy atom. The van der Waals surface area contributed by atoms with Crippen molar-refractivity contribution in [3.63, 3.8) is 0 Å². The number of hydrogen-bond donors (Lipinski definition) is 1. The van der Waals surface area contributed by atoms with E-state index < -0.39 is 0 Å². The Labute approximate surface area is 95.0 Å². The largest absolute Gasteiger partial charge is 0.382 e. The van der Waals surface area contributed by atoms with E-state index in [4.69, 9.17) is 0 Å². The lowest BCUT2D eigenvalue weighted by molar-refractivity contribution is 0.845. The Morgan fingerprint density at radius 1 is 1.14 bits per heavy atom. The van der Waals surface area contributed by atoms with Gasteiger partial charge in [-0.25, -0.2) is 0 Å². The minimum atomic E-state index is 0.464. The summed E-state index contributed by atoms with van der Waals surface area (Å²) in [6.45, 7) is 8.74. The molecule has 0 radical (unpaired) electrons. The van der Waals surface area contributed by atoms with Gasteiger partial charge >= 0.3 is 0 Å². The zero-order chi connectivity index (χ0) is 10.7. The van der Waals surface area contributed by atoms with Gasteiger partial charge in [-0.1, -0.05) is 26.0 Å². The number of nitrogens with one attached hydrogen (secondary N) is 1. The summed E-state index contributed by atoms with van der Waals surface area (Å²) in [5, 5.41) is 3.48. The predicted octanol–water partition coefficient (Wildman–Crippen LogP) is 4.39. The van der Waals surface area contributed by atoms with Crippen LogP contribution in [0, 0.1) is 0 Å². The molecule has 0 saturated heterocycles. The molecule has 0 atom stereocenters. The Bertz CT molecular complexity index is 305. The van der Waals surface area contributed by atoms with Crippen LogP contribution in [-0.4, -0.2) is 6.04 Å². The quantitative estimate of drug-likeness (QED) is 0.845. The topological polar surface area (TPSA) is 12.0 Å². The van der Waals surface area contributed by atoms with Crippen LogP contribution in [0.5, 0.6) is 0 Å². The molecule has 0 aromatic heterocycles. The third-order valence-electron chi connectivity index (χ3n) is 2.10. The molecule has 14 heavy (non-hydrogen) atoms. The molecule has 1 aromatic carbocycles. The fraction of sp³-hybridized carbons (Fsp3) is 0.500. The normalized spacial score (nSPS) is 11.1. The number of halogens is 1. The Morgan fingerprint density at radius 2 is 1.79 bits per heavy atom. The molecular formula is C12H18BrN. The smallest absolute Gasteiger partial charge is 0.0521 e. The number of rotatable bonds is 3. The highest BCUT2D eigenvalue weighted by molar-refractivity contribution is 9.10. The second-order valence-corrected chi connectivity index (χ2v) is 5.01. The molecule has 0 aliphatic carbocycles. The molecule has 1 aromatic rings. The van der Waals surface area contributed by atoms with Gasteiger partial charge in [0.1, 0.15) is 0 Å². The summed E-state index contributed by atoms with van der Waals surface area (Å²) in [6.07, 6.45) is 0. The van der Waals surface area contributed by atoms with Gasteiger partial charge in [0, 0.05) is 10.5 Å². The third-order valence-corrected chi connectivity index (χ3v) is 2.76. The molecule has 2 heteroatoms. The Balaban J connectivity index is 3.09. The SMILES string of the molecule is CC(C)Nc1c(Br)cccc1C(C)C. The maximum absolute atomic E-state index is 3.58. The number of para-hydroxylation sites is 1. The van der Waals surface area contributed by atoms with Crippen LogP contribution in [-0.2, 0) is 0 Å². The summed E-state index contributed by atoms with van der Waals surface area (Å²) >= 11 is 3.58. The van der Waals surface area contributed by atoms with Crippen molar-refractivity contribution in [3.8, 4) is 0 Å². The first-order valence-corrected chi connectivity index (χ1v) is 5.86. The van der Waals surface area contributed by atoms with Crippen LogP contribution in [0.15, 0.2) is 22.7 Å². The standard InChI is InChI=1S/C12H18BrN/c1-8(2)10-6-5-7-11(13)12(10)14-9(3)4/h5-9,14H,1-4H3. The molecule has 0 fully saturated rings. The zero-order valence-electron chi connectivity index (χ0n) is 9.26. The van der Waals surface area contributed by atoms with Crippen molar-refractivity contribution >= 4 is 21.6 Å². The van der Waals surface area contributed by atoms with Crippen LogP contribution in [0.25, 0.3) is 0 Å². The monoisotopic (exact) mass is 255 g/mol. The minimum absolute atomic E-state index is 0.464. The van der Waals surface area contributed by atoms with E-state index in [1.54, 1.807) is 0 Å². The molecule has 0 bridgehead atoms. The predicted molar refractivity (Wildman–Crippen MR) is 67.0 cm³/mol. The molecular weight excluding hydrogens is 238 g/mol. The fourth-order valence-electron chi connectivity index (χ4n) is 1.46. The van der Waals surface area contributed by atoms with Crippen LogP contribution in [0.1, 0.15) is 39.2 Å². The van der Waals surface area contributed by atoms with Gasteiger partial charge in [0.15, 0.2) is 0 Å². The summed E-state index contributed by atoms with van der Waals surface area (Å²) in [7, 11) is 0. The van der Waals surface area contributed by atoms with Crippen molar-refractivity contribution in [1.82, 2.24) is 0 Å². The lowest BCUT2D eigenvalue weighted by Gasteiger charge is -2.18. The molecule has 0 aliphatic heterocycles. The van der Waals surface area contributed by atoms with E-state index in [2.05, 4.69) is 67.1 Å². The lowest BCUT2D eigenvalue weighted by Crippen LogP contribution is -2.12. The summed E-state index contributed by atoms with van der Waals surface area (Å²) in [5.74, 6) is 0.550. The van der Waals surface area contributed by atoms with Crippen LogP contribution in [0.3, 0.4) is 0 Å².